The van der Waals surface area contributed by atoms with E-state index < -0.39 is 6.10 Å². The van der Waals surface area contributed by atoms with E-state index in [1.54, 1.807) is 12.5 Å². The molecule has 5 rings (SSSR count). The number of aliphatic hydroxyl groups is 2. The molecule has 0 aliphatic heterocycles. The highest BCUT2D eigenvalue weighted by Gasteiger charge is 2.67. The minimum atomic E-state index is -0.470. The Labute approximate surface area is 169 Å². The largest absolute Gasteiger partial charge is 0.472 e. The van der Waals surface area contributed by atoms with Gasteiger partial charge in [0, 0.05) is 16.5 Å². The Morgan fingerprint density at radius 3 is 2.32 bits per heavy atom. The maximum absolute atomic E-state index is 11.6. The van der Waals surface area contributed by atoms with Gasteiger partial charge in [-0.05, 0) is 72.5 Å². The highest BCUT2D eigenvalue weighted by molar-refractivity contribution is 5.39. The van der Waals surface area contributed by atoms with Gasteiger partial charge in [0.05, 0.1) is 24.7 Å². The fourth-order valence-electron chi connectivity index (χ4n) is 9.26. The van der Waals surface area contributed by atoms with Crippen molar-refractivity contribution in [3.63, 3.8) is 0 Å². The molecule has 8 atom stereocenters. The van der Waals surface area contributed by atoms with Crippen molar-refractivity contribution in [3.05, 3.63) is 23.7 Å². The fraction of sp³-hybridized carbons (Fsp3) is 0.840. The molecule has 0 amide bonds. The quantitative estimate of drug-likeness (QED) is 0.610. The third-order valence-corrected chi connectivity index (χ3v) is 10.6. The lowest BCUT2D eigenvalue weighted by Crippen LogP contribution is -2.66. The molecule has 28 heavy (non-hydrogen) atoms. The van der Waals surface area contributed by atoms with Crippen molar-refractivity contribution in [2.45, 2.75) is 97.2 Å². The first-order valence-electron chi connectivity index (χ1n) is 11.5. The summed E-state index contributed by atoms with van der Waals surface area (Å²) in [7, 11) is 0. The minimum absolute atomic E-state index is 0.155. The first-order valence-corrected chi connectivity index (χ1v) is 11.5. The van der Waals surface area contributed by atoms with Gasteiger partial charge in [-0.1, -0.05) is 41.0 Å². The number of rotatable bonds is 0. The highest BCUT2D eigenvalue weighted by Crippen LogP contribution is 2.72. The average Bonchev–Trinajstić information content (AvgIpc) is 3.10. The smallest absolute Gasteiger partial charge is 0.0963 e. The van der Waals surface area contributed by atoms with Gasteiger partial charge in [-0.15, -0.1) is 0 Å². The average molecular weight is 387 g/mol. The lowest BCUT2D eigenvalue weighted by molar-refractivity contribution is -0.212. The van der Waals surface area contributed by atoms with Crippen LogP contribution < -0.4 is 0 Å². The Kier molecular flexibility index (Phi) is 3.88. The number of hydrogen-bond acceptors (Lipinski definition) is 3. The van der Waals surface area contributed by atoms with Crippen molar-refractivity contribution >= 4 is 0 Å². The number of furan rings is 1. The molecule has 3 heteroatoms. The molecule has 1 aromatic heterocycles. The van der Waals surface area contributed by atoms with Crippen LogP contribution in [0.15, 0.2) is 16.9 Å². The summed E-state index contributed by atoms with van der Waals surface area (Å²) in [6.45, 7) is 12.2. The van der Waals surface area contributed by atoms with Crippen LogP contribution in [0.1, 0.15) is 96.8 Å². The molecular formula is C25H38O3. The molecule has 0 radical (unpaired) electrons. The third kappa shape index (κ3) is 2.13. The van der Waals surface area contributed by atoms with Crippen LogP contribution >= 0.6 is 0 Å². The molecule has 0 aromatic carbocycles. The normalized spacial score (nSPS) is 52.2. The van der Waals surface area contributed by atoms with Gasteiger partial charge in [0.25, 0.3) is 0 Å². The molecule has 3 nitrogen and oxygen atoms in total. The molecule has 2 N–H and O–H groups in total. The van der Waals surface area contributed by atoms with Crippen molar-refractivity contribution in [2.24, 2.45) is 34.0 Å². The lowest BCUT2D eigenvalue weighted by Gasteiger charge is -2.70. The summed E-state index contributed by atoms with van der Waals surface area (Å²) in [5, 5.41) is 22.5. The molecule has 0 saturated heterocycles. The van der Waals surface area contributed by atoms with Crippen LogP contribution in [0, 0.1) is 34.0 Å². The summed E-state index contributed by atoms with van der Waals surface area (Å²) in [4.78, 5) is 0. The summed E-state index contributed by atoms with van der Waals surface area (Å²) in [5.41, 5.74) is 2.48. The first-order chi connectivity index (χ1) is 13.0. The second kappa shape index (κ2) is 5.66. The van der Waals surface area contributed by atoms with Crippen LogP contribution in [0.5, 0.6) is 0 Å². The zero-order valence-corrected chi connectivity index (χ0v) is 18.3. The molecule has 1 heterocycles. The van der Waals surface area contributed by atoms with Crippen LogP contribution in [0.4, 0.5) is 0 Å². The third-order valence-electron chi connectivity index (χ3n) is 10.6. The van der Waals surface area contributed by atoms with E-state index in [0.717, 1.165) is 29.9 Å². The Bertz CT molecular complexity index is 781. The van der Waals surface area contributed by atoms with E-state index in [-0.39, 0.29) is 22.9 Å². The van der Waals surface area contributed by atoms with Gasteiger partial charge in [-0.3, -0.25) is 0 Å². The van der Waals surface area contributed by atoms with Gasteiger partial charge in [-0.2, -0.15) is 0 Å². The maximum atomic E-state index is 11.6. The van der Waals surface area contributed by atoms with Gasteiger partial charge in [0.2, 0.25) is 0 Å². The summed E-state index contributed by atoms with van der Waals surface area (Å²) < 4.78 is 5.53. The SMILES string of the molecule is CC1(C)CCC[C@]2(C)[C@H]3C[C@@H](O)[C@]4(C)c5cocc5[C@@H](O)C[C@H]4[C@]3(C)CC[C@@H]12. The first kappa shape index (κ1) is 19.2. The molecule has 4 aliphatic rings. The summed E-state index contributed by atoms with van der Waals surface area (Å²) >= 11 is 0. The van der Waals surface area contributed by atoms with E-state index in [0.29, 0.717) is 16.7 Å². The molecule has 3 saturated carbocycles. The van der Waals surface area contributed by atoms with Gasteiger partial charge >= 0.3 is 0 Å². The number of fused-ring (bicyclic) bond motifs is 7. The van der Waals surface area contributed by atoms with E-state index in [2.05, 4.69) is 34.6 Å². The van der Waals surface area contributed by atoms with Crippen LogP contribution in [0.25, 0.3) is 0 Å². The van der Waals surface area contributed by atoms with Crippen LogP contribution in [-0.2, 0) is 5.41 Å². The van der Waals surface area contributed by atoms with Gasteiger partial charge in [-0.25, -0.2) is 0 Å². The summed E-state index contributed by atoms with van der Waals surface area (Å²) in [6.07, 6.45) is 10.7. The second-order valence-corrected chi connectivity index (χ2v) is 12.1. The Morgan fingerprint density at radius 2 is 1.57 bits per heavy atom. The highest BCUT2D eigenvalue weighted by atomic mass is 16.3. The van der Waals surface area contributed by atoms with E-state index in [1.807, 2.05) is 0 Å². The van der Waals surface area contributed by atoms with Crippen molar-refractivity contribution in [3.8, 4) is 0 Å². The monoisotopic (exact) mass is 386 g/mol. The van der Waals surface area contributed by atoms with E-state index in [1.165, 1.54) is 32.1 Å². The molecule has 0 bridgehead atoms. The van der Waals surface area contributed by atoms with Crippen LogP contribution in [0.3, 0.4) is 0 Å². The Balaban J connectivity index is 1.63. The van der Waals surface area contributed by atoms with E-state index >= 15 is 0 Å². The van der Waals surface area contributed by atoms with Crippen LogP contribution in [0.2, 0.25) is 0 Å². The molecular weight excluding hydrogens is 348 g/mol. The fourth-order valence-corrected chi connectivity index (χ4v) is 9.26. The van der Waals surface area contributed by atoms with Crippen LogP contribution in [-0.4, -0.2) is 16.3 Å². The van der Waals surface area contributed by atoms with Crippen molar-refractivity contribution in [1.82, 2.24) is 0 Å². The molecule has 3 fully saturated rings. The number of hydrogen-bond donors (Lipinski definition) is 2. The topological polar surface area (TPSA) is 53.6 Å². The predicted molar refractivity (Wildman–Crippen MR) is 110 cm³/mol. The van der Waals surface area contributed by atoms with Crippen molar-refractivity contribution < 1.29 is 14.6 Å². The van der Waals surface area contributed by atoms with Crippen molar-refractivity contribution in [2.75, 3.05) is 0 Å². The van der Waals surface area contributed by atoms with E-state index in [4.69, 9.17) is 4.42 Å². The van der Waals surface area contributed by atoms with Gasteiger partial charge in [0.15, 0.2) is 0 Å². The Hall–Kier alpha value is -0.800. The lowest BCUT2D eigenvalue weighted by atomic mass is 9.35. The zero-order chi connectivity index (χ0) is 20.1. The number of aliphatic hydroxyl groups excluding tert-OH is 2. The Morgan fingerprint density at radius 1 is 0.857 bits per heavy atom. The van der Waals surface area contributed by atoms with Gasteiger partial charge in [0.1, 0.15) is 0 Å². The minimum Gasteiger partial charge on any atom is -0.472 e. The van der Waals surface area contributed by atoms with Gasteiger partial charge < -0.3 is 14.6 Å². The maximum Gasteiger partial charge on any atom is 0.0963 e. The molecule has 4 aliphatic carbocycles. The van der Waals surface area contributed by atoms with E-state index in [9.17, 15) is 10.2 Å². The predicted octanol–water partition coefficient (Wildman–Crippen LogP) is 5.60. The second-order valence-electron chi connectivity index (χ2n) is 12.1. The molecule has 1 aromatic rings. The molecule has 0 unspecified atom stereocenters. The summed E-state index contributed by atoms with van der Waals surface area (Å²) in [5.74, 6) is 1.55. The molecule has 156 valence electrons. The molecule has 0 spiro atoms. The zero-order valence-electron chi connectivity index (χ0n) is 18.3. The summed E-state index contributed by atoms with van der Waals surface area (Å²) in [6, 6.07) is 0. The standard InChI is InChI=1S/C25H38O3/c1-22(2)8-6-9-23(3)18(22)7-10-24(4)19(23)12-21(27)25(5)16-14-28-13-15(16)17(26)11-20(24)25/h13-14,17-21,26-27H,6-12H2,1-5H3/t17-,18-,19+,20-,21+,23-,24+,25+/m0/s1. The van der Waals surface area contributed by atoms with Crippen molar-refractivity contribution in [1.29, 1.82) is 0 Å².